The number of aromatic nitrogens is 2. The molecule has 0 spiro atoms. The summed E-state index contributed by atoms with van der Waals surface area (Å²) in [6.07, 6.45) is 3.19. The zero-order valence-corrected chi connectivity index (χ0v) is 18.3. The molecular formula is C29H16N2O4. The number of nitrogens with zero attached hydrogens (tertiary/aromatic N) is 2. The number of ketones is 2. The van der Waals surface area contributed by atoms with Crippen LogP contribution in [0.4, 0.5) is 0 Å². The summed E-state index contributed by atoms with van der Waals surface area (Å²) in [6, 6.07) is 26.2. The first-order chi connectivity index (χ1) is 17.2. The monoisotopic (exact) mass is 456 g/mol. The number of hydrogen-bond donors (Lipinski definition) is 0. The fourth-order valence-electron chi connectivity index (χ4n) is 4.65. The van der Waals surface area contributed by atoms with Crippen LogP contribution in [0.5, 0.6) is 0 Å². The van der Waals surface area contributed by atoms with Crippen LogP contribution in [-0.2, 0) is 0 Å². The van der Waals surface area contributed by atoms with Gasteiger partial charge in [-0.2, -0.15) is 4.98 Å². The number of furan rings is 1. The van der Waals surface area contributed by atoms with Crippen molar-refractivity contribution in [3.05, 3.63) is 114 Å². The molecule has 0 N–H and O–H groups in total. The fourth-order valence-corrected chi connectivity index (χ4v) is 4.65. The molecule has 0 saturated heterocycles. The lowest BCUT2D eigenvalue weighted by Crippen LogP contribution is -2.03. The molecule has 6 heteroatoms. The van der Waals surface area contributed by atoms with Crippen LogP contribution in [0.3, 0.4) is 0 Å². The van der Waals surface area contributed by atoms with E-state index in [2.05, 4.69) is 4.98 Å². The van der Waals surface area contributed by atoms with Gasteiger partial charge in [-0.05, 0) is 53.2 Å². The van der Waals surface area contributed by atoms with Gasteiger partial charge in [0, 0.05) is 22.9 Å². The van der Waals surface area contributed by atoms with Gasteiger partial charge in [0.05, 0.1) is 17.5 Å². The van der Waals surface area contributed by atoms with E-state index in [4.69, 9.17) is 8.83 Å². The largest absolute Gasteiger partial charge is 0.459 e. The number of fused-ring (bicyclic) bond motifs is 3. The molecule has 3 aromatic carbocycles. The van der Waals surface area contributed by atoms with Gasteiger partial charge in [-0.1, -0.05) is 42.5 Å². The molecule has 7 rings (SSSR count). The van der Waals surface area contributed by atoms with Crippen molar-refractivity contribution < 1.29 is 18.4 Å². The van der Waals surface area contributed by atoms with Crippen molar-refractivity contribution >= 4 is 39.6 Å². The van der Waals surface area contributed by atoms with Crippen molar-refractivity contribution in [1.29, 1.82) is 0 Å². The van der Waals surface area contributed by atoms with Gasteiger partial charge in [-0.15, -0.1) is 0 Å². The number of carbonyl (C=O) groups excluding carboxylic acids is 2. The van der Waals surface area contributed by atoms with E-state index in [9.17, 15) is 9.59 Å². The number of rotatable bonds is 3. The Kier molecular flexibility index (Phi) is 4.05. The van der Waals surface area contributed by atoms with Gasteiger partial charge >= 0.3 is 0 Å². The Bertz CT molecular complexity index is 1760. The van der Waals surface area contributed by atoms with E-state index in [1.54, 1.807) is 42.7 Å². The van der Waals surface area contributed by atoms with Crippen LogP contribution in [0.2, 0.25) is 0 Å². The molecule has 1 aliphatic carbocycles. The van der Waals surface area contributed by atoms with Crippen molar-refractivity contribution in [2.24, 2.45) is 0 Å². The van der Waals surface area contributed by atoms with Crippen molar-refractivity contribution in [2.75, 3.05) is 0 Å². The average Bonchev–Trinajstić information content (AvgIpc) is 3.65. The predicted molar refractivity (Wildman–Crippen MR) is 132 cm³/mol. The van der Waals surface area contributed by atoms with Crippen LogP contribution in [-0.4, -0.2) is 21.1 Å². The standard InChI is InChI=1S/C29H16N2O4/c32-26-21-13-17-7-4-5-8-18(17)14-22(21)27(33)23(26)15-20-16-25-28(31(20)19-9-2-1-3-10-19)30-29(35-25)24-11-6-12-34-24/h1-16H. The second-order valence-corrected chi connectivity index (χ2v) is 8.39. The normalized spacial score (nSPS) is 13.2. The Labute approximate surface area is 198 Å². The molecule has 6 nitrogen and oxygen atoms in total. The number of benzene rings is 3. The maximum absolute atomic E-state index is 13.3. The van der Waals surface area contributed by atoms with Gasteiger partial charge in [0.2, 0.25) is 0 Å². The molecule has 166 valence electrons. The van der Waals surface area contributed by atoms with Crippen molar-refractivity contribution in [3.8, 4) is 17.3 Å². The molecule has 0 fully saturated rings. The molecule has 35 heavy (non-hydrogen) atoms. The van der Waals surface area contributed by atoms with Crippen LogP contribution in [0.25, 0.3) is 45.4 Å². The second-order valence-electron chi connectivity index (χ2n) is 8.39. The second kappa shape index (κ2) is 7.27. The highest BCUT2D eigenvalue weighted by atomic mass is 16.4. The van der Waals surface area contributed by atoms with Crippen LogP contribution < -0.4 is 0 Å². The summed E-state index contributed by atoms with van der Waals surface area (Å²) >= 11 is 0. The molecule has 3 aromatic heterocycles. The van der Waals surface area contributed by atoms with Gasteiger partial charge in [0.15, 0.2) is 28.6 Å². The number of hydrogen-bond acceptors (Lipinski definition) is 5. The third kappa shape index (κ3) is 2.93. The minimum Gasteiger partial charge on any atom is -0.459 e. The summed E-state index contributed by atoms with van der Waals surface area (Å²) in [5.41, 5.74) is 3.52. The van der Waals surface area contributed by atoms with E-state index < -0.39 is 0 Å². The topological polar surface area (TPSA) is 78.2 Å². The van der Waals surface area contributed by atoms with Crippen LogP contribution in [0.15, 0.2) is 106 Å². The third-order valence-electron chi connectivity index (χ3n) is 6.29. The highest BCUT2D eigenvalue weighted by molar-refractivity contribution is 6.42. The van der Waals surface area contributed by atoms with Gasteiger partial charge in [0.25, 0.3) is 5.89 Å². The Morgan fingerprint density at radius 3 is 2.11 bits per heavy atom. The Morgan fingerprint density at radius 1 is 0.771 bits per heavy atom. The van der Waals surface area contributed by atoms with Crippen LogP contribution >= 0.6 is 0 Å². The lowest BCUT2D eigenvalue weighted by Gasteiger charge is -2.07. The summed E-state index contributed by atoms with van der Waals surface area (Å²) in [4.78, 5) is 31.3. The number of oxazole rings is 1. The molecule has 0 bridgehead atoms. The lowest BCUT2D eigenvalue weighted by atomic mass is 10.0. The number of carbonyl (C=O) groups is 2. The third-order valence-corrected chi connectivity index (χ3v) is 6.29. The fraction of sp³-hybridized carbons (Fsp3) is 0. The first-order valence-electron chi connectivity index (χ1n) is 11.1. The van der Waals surface area contributed by atoms with Gasteiger partial charge in [0.1, 0.15) is 0 Å². The van der Waals surface area contributed by atoms with E-state index in [1.165, 1.54) is 0 Å². The molecule has 3 heterocycles. The summed E-state index contributed by atoms with van der Waals surface area (Å²) < 4.78 is 13.3. The smallest absolute Gasteiger partial charge is 0.265 e. The molecule has 6 aromatic rings. The quantitative estimate of drug-likeness (QED) is 0.225. The SMILES string of the molecule is O=C1C(=Cc2cc3oc(-c4ccco4)nc3n2-c2ccccc2)C(=O)c2cc3ccccc3cc21. The first-order valence-corrected chi connectivity index (χ1v) is 11.1. The molecule has 1 aliphatic rings. The summed E-state index contributed by atoms with van der Waals surface area (Å²) in [6.45, 7) is 0. The highest BCUT2D eigenvalue weighted by Gasteiger charge is 2.34. The van der Waals surface area contributed by atoms with E-state index >= 15 is 0 Å². The molecule has 0 amide bonds. The van der Waals surface area contributed by atoms with Crippen LogP contribution in [0.1, 0.15) is 26.4 Å². The lowest BCUT2D eigenvalue weighted by molar-refractivity contribution is 0.0990. The molecule has 0 radical (unpaired) electrons. The summed E-state index contributed by atoms with van der Waals surface area (Å²) in [7, 11) is 0. The Morgan fingerprint density at radius 2 is 1.46 bits per heavy atom. The van der Waals surface area contributed by atoms with Gasteiger partial charge in [-0.25, -0.2) is 0 Å². The zero-order chi connectivity index (χ0) is 23.5. The van der Waals surface area contributed by atoms with Crippen molar-refractivity contribution in [3.63, 3.8) is 0 Å². The Balaban J connectivity index is 1.41. The number of allylic oxidation sites excluding steroid dienone is 1. The minimum atomic E-state index is -0.280. The number of Topliss-reactive ketones (excluding diaryl/α,β-unsaturated/α-hetero) is 2. The summed E-state index contributed by atoms with van der Waals surface area (Å²) in [5.74, 6) is 0.315. The molecule has 0 saturated carbocycles. The van der Waals surface area contributed by atoms with Crippen LogP contribution in [0, 0.1) is 0 Å². The van der Waals surface area contributed by atoms with E-state index in [0.29, 0.717) is 39.7 Å². The molecule has 0 atom stereocenters. The predicted octanol–water partition coefficient (Wildman–Crippen LogP) is 6.49. The zero-order valence-electron chi connectivity index (χ0n) is 18.3. The first kappa shape index (κ1) is 19.5. The highest BCUT2D eigenvalue weighted by Crippen LogP contribution is 2.34. The molecule has 0 aliphatic heterocycles. The number of para-hydroxylation sites is 1. The van der Waals surface area contributed by atoms with Gasteiger partial charge < -0.3 is 8.83 Å². The maximum Gasteiger partial charge on any atom is 0.265 e. The van der Waals surface area contributed by atoms with Crippen molar-refractivity contribution in [2.45, 2.75) is 0 Å². The summed E-state index contributed by atoms with van der Waals surface area (Å²) in [5, 5.41) is 1.85. The van der Waals surface area contributed by atoms with E-state index in [1.807, 2.05) is 59.2 Å². The maximum atomic E-state index is 13.3. The van der Waals surface area contributed by atoms with Crippen molar-refractivity contribution in [1.82, 2.24) is 9.55 Å². The average molecular weight is 456 g/mol. The van der Waals surface area contributed by atoms with E-state index in [-0.39, 0.29) is 17.1 Å². The van der Waals surface area contributed by atoms with Gasteiger partial charge in [-0.3, -0.25) is 14.2 Å². The Hall–Kier alpha value is -4.97. The minimum absolute atomic E-state index is 0.124. The molecule has 0 unspecified atom stereocenters. The van der Waals surface area contributed by atoms with E-state index in [0.717, 1.165) is 16.5 Å². The molecular weight excluding hydrogens is 440 g/mol.